The second-order valence-electron chi connectivity index (χ2n) is 5.90. The van der Waals surface area contributed by atoms with Gasteiger partial charge in [0.05, 0.1) is 0 Å². The SMILES string of the molecule is CCC(C)CC(CC)N(C)CC1CCCCN1. The van der Waals surface area contributed by atoms with E-state index in [2.05, 4.69) is 38.0 Å². The lowest BCUT2D eigenvalue weighted by Crippen LogP contribution is -2.45. The molecule has 1 saturated heterocycles. The zero-order valence-corrected chi connectivity index (χ0v) is 12.3. The van der Waals surface area contributed by atoms with Crippen molar-refractivity contribution in [3.63, 3.8) is 0 Å². The summed E-state index contributed by atoms with van der Waals surface area (Å²) in [6.45, 7) is 9.48. The van der Waals surface area contributed by atoms with Gasteiger partial charge < -0.3 is 10.2 Å². The zero-order chi connectivity index (χ0) is 12.7. The molecule has 0 spiro atoms. The lowest BCUT2D eigenvalue weighted by molar-refractivity contribution is 0.173. The molecule has 0 aromatic rings. The average Bonchev–Trinajstić information content (AvgIpc) is 2.36. The first kappa shape index (κ1) is 15.0. The average molecular weight is 240 g/mol. The number of likely N-dealkylation sites (N-methyl/N-ethyl adjacent to an activating group) is 1. The van der Waals surface area contributed by atoms with Crippen molar-refractivity contribution >= 4 is 0 Å². The molecular weight excluding hydrogens is 208 g/mol. The quantitative estimate of drug-likeness (QED) is 0.735. The first-order valence-corrected chi connectivity index (χ1v) is 7.60. The van der Waals surface area contributed by atoms with E-state index in [4.69, 9.17) is 0 Å². The molecule has 0 saturated carbocycles. The molecule has 0 radical (unpaired) electrons. The largest absolute Gasteiger partial charge is 0.313 e. The van der Waals surface area contributed by atoms with Crippen LogP contribution in [-0.2, 0) is 0 Å². The summed E-state index contributed by atoms with van der Waals surface area (Å²) in [6.07, 6.45) is 8.10. The Morgan fingerprint density at radius 3 is 2.53 bits per heavy atom. The van der Waals surface area contributed by atoms with Gasteiger partial charge in [0.1, 0.15) is 0 Å². The van der Waals surface area contributed by atoms with E-state index in [1.165, 1.54) is 51.6 Å². The minimum atomic E-state index is 0.736. The van der Waals surface area contributed by atoms with Crippen molar-refractivity contribution in [1.82, 2.24) is 10.2 Å². The number of nitrogens with zero attached hydrogens (tertiary/aromatic N) is 1. The molecule has 1 aliphatic heterocycles. The Balaban J connectivity index is 2.33. The van der Waals surface area contributed by atoms with Gasteiger partial charge in [-0.25, -0.2) is 0 Å². The maximum absolute atomic E-state index is 3.65. The highest BCUT2D eigenvalue weighted by Crippen LogP contribution is 2.18. The number of hydrogen-bond donors (Lipinski definition) is 1. The van der Waals surface area contributed by atoms with Gasteiger partial charge in [-0.2, -0.15) is 0 Å². The van der Waals surface area contributed by atoms with Crippen LogP contribution in [0.3, 0.4) is 0 Å². The highest BCUT2D eigenvalue weighted by atomic mass is 15.2. The monoisotopic (exact) mass is 240 g/mol. The van der Waals surface area contributed by atoms with Gasteiger partial charge in [-0.05, 0) is 45.2 Å². The Kier molecular flexibility index (Phi) is 7.14. The van der Waals surface area contributed by atoms with Crippen LogP contribution in [0.4, 0.5) is 0 Å². The third-order valence-corrected chi connectivity index (χ3v) is 4.39. The molecule has 0 bridgehead atoms. The van der Waals surface area contributed by atoms with Crippen LogP contribution in [0.15, 0.2) is 0 Å². The van der Waals surface area contributed by atoms with Crippen LogP contribution in [0.2, 0.25) is 0 Å². The molecule has 3 atom stereocenters. The molecule has 0 amide bonds. The Hall–Kier alpha value is -0.0800. The highest BCUT2D eigenvalue weighted by Gasteiger charge is 2.20. The van der Waals surface area contributed by atoms with Crippen LogP contribution < -0.4 is 5.32 Å². The van der Waals surface area contributed by atoms with Crippen molar-refractivity contribution in [3.05, 3.63) is 0 Å². The Morgan fingerprint density at radius 2 is 2.00 bits per heavy atom. The van der Waals surface area contributed by atoms with Gasteiger partial charge in [0.15, 0.2) is 0 Å². The van der Waals surface area contributed by atoms with Gasteiger partial charge in [0.2, 0.25) is 0 Å². The lowest BCUT2D eigenvalue weighted by atomic mass is 9.96. The lowest BCUT2D eigenvalue weighted by Gasteiger charge is -2.34. The number of nitrogens with one attached hydrogen (secondary N) is 1. The third kappa shape index (κ3) is 5.39. The molecule has 1 N–H and O–H groups in total. The molecule has 102 valence electrons. The molecule has 0 aromatic carbocycles. The predicted octanol–water partition coefficient (Wildman–Crippen LogP) is 3.28. The van der Waals surface area contributed by atoms with E-state index in [0.29, 0.717) is 0 Å². The van der Waals surface area contributed by atoms with Crippen LogP contribution in [-0.4, -0.2) is 37.1 Å². The first-order chi connectivity index (χ1) is 8.17. The summed E-state index contributed by atoms with van der Waals surface area (Å²) >= 11 is 0. The molecule has 1 fully saturated rings. The second kappa shape index (κ2) is 8.10. The maximum Gasteiger partial charge on any atom is 0.0195 e. The molecule has 0 aromatic heterocycles. The van der Waals surface area contributed by atoms with E-state index in [-0.39, 0.29) is 0 Å². The smallest absolute Gasteiger partial charge is 0.0195 e. The number of rotatable bonds is 7. The van der Waals surface area contributed by atoms with Crippen molar-refractivity contribution < 1.29 is 0 Å². The fourth-order valence-corrected chi connectivity index (χ4v) is 2.87. The summed E-state index contributed by atoms with van der Waals surface area (Å²) in [5, 5.41) is 3.65. The number of piperidine rings is 1. The summed E-state index contributed by atoms with van der Waals surface area (Å²) < 4.78 is 0. The summed E-state index contributed by atoms with van der Waals surface area (Å²) in [5.74, 6) is 0.863. The summed E-state index contributed by atoms with van der Waals surface area (Å²) in [7, 11) is 2.31. The predicted molar refractivity (Wildman–Crippen MR) is 76.4 cm³/mol. The number of hydrogen-bond acceptors (Lipinski definition) is 2. The minimum Gasteiger partial charge on any atom is -0.313 e. The van der Waals surface area contributed by atoms with Crippen LogP contribution >= 0.6 is 0 Å². The van der Waals surface area contributed by atoms with Gasteiger partial charge in [-0.3, -0.25) is 0 Å². The van der Waals surface area contributed by atoms with Crippen molar-refractivity contribution in [2.24, 2.45) is 5.92 Å². The molecule has 1 heterocycles. The fourth-order valence-electron chi connectivity index (χ4n) is 2.87. The molecule has 17 heavy (non-hydrogen) atoms. The van der Waals surface area contributed by atoms with Crippen LogP contribution in [0.25, 0.3) is 0 Å². The molecule has 2 nitrogen and oxygen atoms in total. The fraction of sp³-hybridized carbons (Fsp3) is 1.00. The Bertz CT molecular complexity index is 187. The van der Waals surface area contributed by atoms with Gasteiger partial charge in [0.25, 0.3) is 0 Å². The molecule has 2 heteroatoms. The summed E-state index contributed by atoms with van der Waals surface area (Å²) in [4.78, 5) is 2.59. The minimum absolute atomic E-state index is 0.736. The summed E-state index contributed by atoms with van der Waals surface area (Å²) in [6, 6.07) is 1.51. The molecular formula is C15H32N2. The normalized spacial score (nSPS) is 24.9. The Morgan fingerprint density at radius 1 is 1.24 bits per heavy atom. The molecule has 1 rings (SSSR count). The third-order valence-electron chi connectivity index (χ3n) is 4.39. The van der Waals surface area contributed by atoms with Gasteiger partial charge in [0, 0.05) is 18.6 Å². The molecule has 0 aliphatic carbocycles. The maximum atomic E-state index is 3.65. The van der Waals surface area contributed by atoms with E-state index in [0.717, 1.165) is 18.0 Å². The van der Waals surface area contributed by atoms with Crippen molar-refractivity contribution in [2.45, 2.75) is 71.4 Å². The molecule has 3 unspecified atom stereocenters. The van der Waals surface area contributed by atoms with Crippen molar-refractivity contribution in [1.29, 1.82) is 0 Å². The Labute approximate surface area is 108 Å². The summed E-state index contributed by atoms with van der Waals surface area (Å²) in [5.41, 5.74) is 0. The zero-order valence-electron chi connectivity index (χ0n) is 12.3. The van der Waals surface area contributed by atoms with Crippen LogP contribution in [0, 0.1) is 5.92 Å². The van der Waals surface area contributed by atoms with Crippen LogP contribution in [0.1, 0.15) is 59.3 Å². The van der Waals surface area contributed by atoms with Crippen LogP contribution in [0.5, 0.6) is 0 Å². The van der Waals surface area contributed by atoms with E-state index < -0.39 is 0 Å². The van der Waals surface area contributed by atoms with E-state index in [1.807, 2.05) is 0 Å². The van der Waals surface area contributed by atoms with Crippen molar-refractivity contribution in [2.75, 3.05) is 20.1 Å². The van der Waals surface area contributed by atoms with Gasteiger partial charge in [-0.15, -0.1) is 0 Å². The van der Waals surface area contributed by atoms with E-state index in [1.54, 1.807) is 0 Å². The molecule has 1 aliphatic rings. The van der Waals surface area contributed by atoms with Crippen molar-refractivity contribution in [3.8, 4) is 0 Å². The second-order valence-corrected chi connectivity index (χ2v) is 5.90. The first-order valence-electron chi connectivity index (χ1n) is 7.60. The topological polar surface area (TPSA) is 15.3 Å². The van der Waals surface area contributed by atoms with Gasteiger partial charge >= 0.3 is 0 Å². The standard InChI is InChI=1S/C15H32N2/c1-5-13(3)11-15(6-2)17(4)12-14-9-7-8-10-16-14/h13-16H,5-12H2,1-4H3. The van der Waals surface area contributed by atoms with E-state index >= 15 is 0 Å². The van der Waals surface area contributed by atoms with Gasteiger partial charge in [-0.1, -0.05) is 33.6 Å². The highest BCUT2D eigenvalue weighted by molar-refractivity contribution is 4.78. The van der Waals surface area contributed by atoms with E-state index in [9.17, 15) is 0 Å².